The Bertz CT molecular complexity index is 1280. The smallest absolute Gasteiger partial charge is 0.274 e. The first kappa shape index (κ1) is 20.5. The normalized spacial score (nSPS) is 16.8. The monoisotopic (exact) mass is 453 g/mol. The van der Waals surface area contributed by atoms with E-state index in [0.29, 0.717) is 61.8 Å². The van der Waals surface area contributed by atoms with Crippen molar-refractivity contribution in [2.45, 2.75) is 38.3 Å². The van der Waals surface area contributed by atoms with Crippen molar-refractivity contribution < 1.29 is 4.79 Å². The van der Waals surface area contributed by atoms with E-state index in [1.54, 1.807) is 17.0 Å². The van der Waals surface area contributed by atoms with Gasteiger partial charge in [0.2, 0.25) is 5.95 Å². The van der Waals surface area contributed by atoms with E-state index in [-0.39, 0.29) is 5.91 Å². The van der Waals surface area contributed by atoms with Gasteiger partial charge in [0.05, 0.1) is 17.8 Å². The molecule has 4 heterocycles. The van der Waals surface area contributed by atoms with Crippen LogP contribution >= 0.6 is 0 Å². The minimum absolute atomic E-state index is 0.145. The van der Waals surface area contributed by atoms with Gasteiger partial charge in [-0.3, -0.25) is 4.79 Å². The van der Waals surface area contributed by atoms with Crippen molar-refractivity contribution in [3.05, 3.63) is 76.4 Å². The maximum Gasteiger partial charge on any atom is 0.274 e. The number of fused-ring (bicyclic) bond motifs is 2. The van der Waals surface area contributed by atoms with E-state index in [2.05, 4.69) is 60.0 Å². The van der Waals surface area contributed by atoms with E-state index in [9.17, 15) is 4.79 Å². The van der Waals surface area contributed by atoms with E-state index in [4.69, 9.17) is 4.98 Å². The van der Waals surface area contributed by atoms with Crippen molar-refractivity contribution in [1.29, 1.82) is 0 Å². The number of benzene rings is 1. The third-order valence-corrected chi connectivity index (χ3v) is 6.39. The highest BCUT2D eigenvalue weighted by atomic mass is 16.2. The van der Waals surface area contributed by atoms with Crippen LogP contribution in [0.1, 0.15) is 38.6 Å². The Morgan fingerprint density at radius 3 is 2.65 bits per heavy atom. The molecule has 10 heteroatoms. The van der Waals surface area contributed by atoms with E-state index in [0.717, 1.165) is 24.1 Å². The lowest BCUT2D eigenvalue weighted by Gasteiger charge is -2.28. The molecule has 0 bridgehead atoms. The maximum atomic E-state index is 13.0. The Morgan fingerprint density at radius 1 is 1.06 bits per heavy atom. The van der Waals surface area contributed by atoms with Gasteiger partial charge in [-0.05, 0) is 36.1 Å². The molecule has 0 saturated carbocycles. The van der Waals surface area contributed by atoms with Gasteiger partial charge < -0.3 is 10.2 Å². The van der Waals surface area contributed by atoms with Gasteiger partial charge in [-0.2, -0.15) is 10.2 Å². The molecule has 0 unspecified atom stereocenters. The van der Waals surface area contributed by atoms with Crippen molar-refractivity contribution in [3.8, 4) is 0 Å². The number of hydrogen-bond donors (Lipinski definition) is 1. The molecule has 3 aromatic rings. The largest absolute Gasteiger partial charge is 0.351 e. The summed E-state index contributed by atoms with van der Waals surface area (Å²) in [7, 11) is 0. The number of nitrogens with one attached hydrogen (secondary N) is 1. The topological polar surface area (TPSA) is 121 Å². The van der Waals surface area contributed by atoms with Gasteiger partial charge in [0.1, 0.15) is 0 Å². The maximum absolute atomic E-state index is 13.0. The Hall–Kier alpha value is -4.08. The number of azo groups is 1. The molecular weight excluding hydrogens is 430 g/mol. The lowest BCUT2D eigenvalue weighted by Crippen LogP contribution is -2.37. The minimum atomic E-state index is -0.145. The molecule has 170 valence electrons. The fourth-order valence-electron chi connectivity index (χ4n) is 4.64. The number of amides is 1. The molecule has 1 amide bonds. The van der Waals surface area contributed by atoms with Gasteiger partial charge in [-0.1, -0.05) is 24.3 Å². The second kappa shape index (κ2) is 8.69. The van der Waals surface area contributed by atoms with Gasteiger partial charge >= 0.3 is 0 Å². The molecule has 0 atom stereocenters. The standard InChI is InChI=1S/C24H23N9O/c34-23(21-6-5-18(30-31-21)11-22-26-14-27-32-22)33-8-7-20-17(13-33)12-25-24(29-20)28-19-9-15-3-1-2-4-16(15)10-19/h1-6,12,19H,7-11,13-14H2,(H,25,28,29). The highest BCUT2D eigenvalue weighted by Crippen LogP contribution is 2.25. The number of anilines is 1. The van der Waals surface area contributed by atoms with Crippen molar-refractivity contribution >= 4 is 17.7 Å². The first-order valence-corrected chi connectivity index (χ1v) is 11.4. The molecule has 1 aromatic carbocycles. The van der Waals surface area contributed by atoms with Crippen molar-refractivity contribution in [2.24, 2.45) is 15.2 Å². The van der Waals surface area contributed by atoms with Gasteiger partial charge in [-0.25, -0.2) is 15.0 Å². The summed E-state index contributed by atoms with van der Waals surface area (Å²) in [5, 5.41) is 19.5. The van der Waals surface area contributed by atoms with E-state index >= 15 is 0 Å². The molecule has 34 heavy (non-hydrogen) atoms. The summed E-state index contributed by atoms with van der Waals surface area (Å²) < 4.78 is 0. The highest BCUT2D eigenvalue weighted by molar-refractivity contribution is 5.92. The third kappa shape index (κ3) is 4.14. The molecule has 2 aliphatic heterocycles. The first-order chi connectivity index (χ1) is 16.7. The Balaban J connectivity index is 1.09. The van der Waals surface area contributed by atoms with Crippen LogP contribution in [0.25, 0.3) is 0 Å². The van der Waals surface area contributed by atoms with Crippen molar-refractivity contribution in [3.63, 3.8) is 0 Å². The van der Waals surface area contributed by atoms with Gasteiger partial charge in [-0.15, -0.1) is 10.2 Å². The molecule has 0 spiro atoms. The lowest BCUT2D eigenvalue weighted by molar-refractivity contribution is 0.0726. The molecule has 3 aliphatic rings. The predicted octanol–water partition coefficient (Wildman–Crippen LogP) is 2.41. The molecular formula is C24H23N9O. The average Bonchev–Trinajstić information content (AvgIpc) is 3.53. The summed E-state index contributed by atoms with van der Waals surface area (Å²) in [4.78, 5) is 28.2. The molecule has 1 N–H and O–H groups in total. The third-order valence-electron chi connectivity index (χ3n) is 6.39. The highest BCUT2D eigenvalue weighted by Gasteiger charge is 2.26. The van der Waals surface area contributed by atoms with Crippen LogP contribution in [0.2, 0.25) is 0 Å². The number of aliphatic imine (C=N–C) groups is 1. The Morgan fingerprint density at radius 2 is 1.91 bits per heavy atom. The molecule has 0 fully saturated rings. The fraction of sp³-hybridized carbons (Fsp3) is 0.333. The lowest BCUT2D eigenvalue weighted by atomic mass is 10.1. The SMILES string of the molecule is O=C(c1ccc(CC2=NCN=N2)nn1)N1CCc2nc(NC3Cc4ccccc4C3)ncc2C1. The van der Waals surface area contributed by atoms with Crippen molar-refractivity contribution in [1.82, 2.24) is 25.1 Å². The first-order valence-electron chi connectivity index (χ1n) is 11.4. The quantitative estimate of drug-likeness (QED) is 0.633. The number of rotatable bonds is 5. The van der Waals surface area contributed by atoms with Gasteiger partial charge in [0.25, 0.3) is 5.91 Å². The zero-order valence-electron chi connectivity index (χ0n) is 18.6. The van der Waals surface area contributed by atoms with Crippen LogP contribution in [0.15, 0.2) is 57.8 Å². The number of hydrogen-bond acceptors (Lipinski definition) is 9. The minimum Gasteiger partial charge on any atom is -0.351 e. The average molecular weight is 454 g/mol. The zero-order chi connectivity index (χ0) is 22.9. The molecule has 10 nitrogen and oxygen atoms in total. The van der Waals surface area contributed by atoms with E-state index < -0.39 is 0 Å². The number of nitrogens with zero attached hydrogens (tertiary/aromatic N) is 8. The number of carbonyl (C=O) groups excluding carboxylic acids is 1. The van der Waals surface area contributed by atoms with Crippen LogP contribution in [-0.4, -0.2) is 56.1 Å². The number of amidine groups is 1. The second-order valence-electron chi connectivity index (χ2n) is 8.70. The van der Waals surface area contributed by atoms with Crippen LogP contribution in [0.5, 0.6) is 0 Å². The number of aromatic nitrogens is 4. The molecule has 0 radical (unpaired) electrons. The summed E-state index contributed by atoms with van der Waals surface area (Å²) in [5.41, 5.74) is 5.77. The summed E-state index contributed by atoms with van der Waals surface area (Å²) in [6.07, 6.45) is 4.94. The number of carbonyl (C=O) groups is 1. The predicted molar refractivity (Wildman–Crippen MR) is 125 cm³/mol. The van der Waals surface area contributed by atoms with Crippen LogP contribution in [0.4, 0.5) is 5.95 Å². The second-order valence-corrected chi connectivity index (χ2v) is 8.70. The fourth-order valence-corrected chi connectivity index (χ4v) is 4.64. The summed E-state index contributed by atoms with van der Waals surface area (Å²) in [6.45, 7) is 1.41. The van der Waals surface area contributed by atoms with Gasteiger partial charge in [0.15, 0.2) is 18.2 Å². The summed E-state index contributed by atoms with van der Waals surface area (Å²) in [6, 6.07) is 12.3. The molecule has 6 rings (SSSR count). The van der Waals surface area contributed by atoms with Crippen LogP contribution < -0.4 is 5.32 Å². The van der Waals surface area contributed by atoms with E-state index in [1.165, 1.54) is 11.1 Å². The Kier molecular flexibility index (Phi) is 5.25. The van der Waals surface area contributed by atoms with E-state index in [1.807, 2.05) is 6.20 Å². The summed E-state index contributed by atoms with van der Waals surface area (Å²) >= 11 is 0. The van der Waals surface area contributed by atoms with Crippen LogP contribution in [-0.2, 0) is 32.2 Å². The van der Waals surface area contributed by atoms with Gasteiger partial charge in [0, 0.05) is 37.3 Å². The zero-order valence-corrected chi connectivity index (χ0v) is 18.6. The van der Waals surface area contributed by atoms with Crippen LogP contribution in [0, 0.1) is 0 Å². The molecule has 2 aromatic heterocycles. The molecule has 0 saturated heterocycles. The molecule has 1 aliphatic carbocycles. The van der Waals surface area contributed by atoms with Crippen molar-refractivity contribution in [2.75, 3.05) is 18.5 Å². The summed E-state index contributed by atoms with van der Waals surface area (Å²) in [5.74, 6) is 1.14. The van der Waals surface area contributed by atoms with Crippen LogP contribution in [0.3, 0.4) is 0 Å². The Labute approximate surface area is 196 Å².